The quantitative estimate of drug-likeness (QED) is 0.836. The van der Waals surface area contributed by atoms with E-state index in [0.717, 1.165) is 0 Å². The number of nitrogen functional groups attached to an aromatic ring is 1. The zero-order valence-corrected chi connectivity index (χ0v) is 9.50. The minimum absolute atomic E-state index is 0.0774. The standard InChI is InChI=1S/C12H11N5O/c13-7-9-2-1-3-10(6-9)15-12(18)8-17-5-4-11(14)16-17/h1-6H,8H2,(H2,14,16)(H,15,18). The molecule has 6 heteroatoms. The van der Waals surface area contributed by atoms with Crippen LogP contribution in [0.1, 0.15) is 5.56 Å². The number of rotatable bonds is 3. The summed E-state index contributed by atoms with van der Waals surface area (Å²) >= 11 is 0. The van der Waals surface area contributed by atoms with Crippen molar-refractivity contribution in [2.24, 2.45) is 0 Å². The Morgan fingerprint density at radius 2 is 2.33 bits per heavy atom. The van der Waals surface area contributed by atoms with Gasteiger partial charge in [-0.3, -0.25) is 9.48 Å². The van der Waals surface area contributed by atoms with Gasteiger partial charge in [0.1, 0.15) is 12.4 Å². The van der Waals surface area contributed by atoms with Crippen molar-refractivity contribution in [2.75, 3.05) is 11.1 Å². The Morgan fingerprint density at radius 1 is 1.50 bits per heavy atom. The first-order chi connectivity index (χ1) is 8.67. The zero-order chi connectivity index (χ0) is 13.0. The lowest BCUT2D eigenvalue weighted by molar-refractivity contribution is -0.116. The highest BCUT2D eigenvalue weighted by atomic mass is 16.2. The molecule has 0 saturated carbocycles. The SMILES string of the molecule is N#Cc1cccc(NC(=O)Cn2ccc(N)n2)c1. The molecule has 1 heterocycles. The molecule has 1 aromatic heterocycles. The Morgan fingerprint density at radius 3 is 3.00 bits per heavy atom. The summed E-state index contributed by atoms with van der Waals surface area (Å²) in [4.78, 5) is 11.7. The molecule has 0 aliphatic carbocycles. The largest absolute Gasteiger partial charge is 0.382 e. The second kappa shape index (κ2) is 5.01. The lowest BCUT2D eigenvalue weighted by Gasteiger charge is -2.05. The van der Waals surface area contributed by atoms with Crippen molar-refractivity contribution >= 4 is 17.4 Å². The van der Waals surface area contributed by atoms with Crippen LogP contribution in [0.25, 0.3) is 0 Å². The fourth-order valence-corrected chi connectivity index (χ4v) is 1.48. The number of hydrogen-bond donors (Lipinski definition) is 2. The molecule has 0 unspecified atom stereocenters. The molecule has 0 saturated heterocycles. The summed E-state index contributed by atoms with van der Waals surface area (Å²) in [5.41, 5.74) is 6.52. The number of hydrogen-bond acceptors (Lipinski definition) is 4. The summed E-state index contributed by atoms with van der Waals surface area (Å²) in [7, 11) is 0. The smallest absolute Gasteiger partial charge is 0.246 e. The summed E-state index contributed by atoms with van der Waals surface area (Å²) < 4.78 is 1.44. The molecule has 0 bridgehead atoms. The predicted octanol–water partition coefficient (Wildman–Crippen LogP) is 0.976. The first-order valence-corrected chi connectivity index (χ1v) is 5.26. The molecule has 0 atom stereocenters. The lowest BCUT2D eigenvalue weighted by atomic mass is 10.2. The summed E-state index contributed by atoms with van der Waals surface area (Å²) in [5.74, 6) is 0.141. The van der Waals surface area contributed by atoms with Gasteiger partial charge in [-0.15, -0.1) is 0 Å². The third-order valence-electron chi connectivity index (χ3n) is 2.24. The molecule has 0 fully saturated rings. The fraction of sp³-hybridized carbons (Fsp3) is 0.0833. The molecule has 18 heavy (non-hydrogen) atoms. The molecular weight excluding hydrogens is 230 g/mol. The number of amides is 1. The van der Waals surface area contributed by atoms with Gasteiger partial charge in [0, 0.05) is 11.9 Å². The molecular formula is C12H11N5O. The van der Waals surface area contributed by atoms with Crippen LogP contribution < -0.4 is 11.1 Å². The lowest BCUT2D eigenvalue weighted by Crippen LogP contribution is -2.19. The van der Waals surface area contributed by atoms with Crippen molar-refractivity contribution in [2.45, 2.75) is 6.54 Å². The highest BCUT2D eigenvalue weighted by Gasteiger charge is 2.05. The molecule has 1 aromatic carbocycles. The third kappa shape index (κ3) is 2.86. The van der Waals surface area contributed by atoms with E-state index in [0.29, 0.717) is 17.1 Å². The molecule has 3 N–H and O–H groups in total. The molecule has 0 radical (unpaired) electrons. The minimum Gasteiger partial charge on any atom is -0.382 e. The average molecular weight is 241 g/mol. The Bertz CT molecular complexity index is 611. The van der Waals surface area contributed by atoms with Gasteiger partial charge >= 0.3 is 0 Å². The minimum atomic E-state index is -0.229. The Kier molecular flexibility index (Phi) is 3.25. The zero-order valence-electron chi connectivity index (χ0n) is 9.50. The van der Waals surface area contributed by atoms with Crippen LogP contribution in [0.2, 0.25) is 0 Å². The van der Waals surface area contributed by atoms with Gasteiger partial charge in [-0.1, -0.05) is 6.07 Å². The molecule has 0 aliphatic heterocycles. The van der Waals surface area contributed by atoms with Gasteiger partial charge in [0.25, 0.3) is 0 Å². The first kappa shape index (κ1) is 11.7. The number of nitrogens with one attached hydrogen (secondary N) is 1. The van der Waals surface area contributed by atoms with E-state index in [1.54, 1.807) is 36.5 Å². The van der Waals surface area contributed by atoms with Gasteiger partial charge in [-0.2, -0.15) is 10.4 Å². The van der Waals surface area contributed by atoms with Crippen LogP contribution in [0.4, 0.5) is 11.5 Å². The number of anilines is 2. The summed E-state index contributed by atoms with van der Waals surface area (Å²) in [6.07, 6.45) is 1.63. The van der Waals surface area contributed by atoms with Crippen molar-refractivity contribution in [3.8, 4) is 6.07 Å². The van der Waals surface area contributed by atoms with E-state index in [1.807, 2.05) is 6.07 Å². The van der Waals surface area contributed by atoms with Gasteiger partial charge < -0.3 is 11.1 Å². The van der Waals surface area contributed by atoms with E-state index in [4.69, 9.17) is 11.0 Å². The monoisotopic (exact) mass is 241 g/mol. The number of nitriles is 1. The van der Waals surface area contributed by atoms with Crippen molar-refractivity contribution in [3.63, 3.8) is 0 Å². The summed E-state index contributed by atoms with van der Waals surface area (Å²) in [6.45, 7) is 0.0774. The van der Waals surface area contributed by atoms with E-state index < -0.39 is 0 Å². The predicted molar refractivity (Wildman–Crippen MR) is 66.4 cm³/mol. The van der Waals surface area contributed by atoms with Crippen LogP contribution in [0.15, 0.2) is 36.5 Å². The average Bonchev–Trinajstić information content (AvgIpc) is 2.74. The van der Waals surface area contributed by atoms with Crippen molar-refractivity contribution in [1.82, 2.24) is 9.78 Å². The second-order valence-corrected chi connectivity index (χ2v) is 3.68. The normalized spacial score (nSPS) is 9.72. The van der Waals surface area contributed by atoms with E-state index in [-0.39, 0.29) is 12.5 Å². The second-order valence-electron chi connectivity index (χ2n) is 3.68. The van der Waals surface area contributed by atoms with Gasteiger partial charge in [-0.25, -0.2) is 0 Å². The van der Waals surface area contributed by atoms with E-state index in [1.165, 1.54) is 4.68 Å². The molecule has 0 spiro atoms. The van der Waals surface area contributed by atoms with Crippen molar-refractivity contribution in [3.05, 3.63) is 42.1 Å². The maximum atomic E-state index is 11.7. The van der Waals surface area contributed by atoms with Crippen LogP contribution in [0, 0.1) is 11.3 Å². The number of benzene rings is 1. The third-order valence-corrected chi connectivity index (χ3v) is 2.24. The van der Waals surface area contributed by atoms with Gasteiger partial charge in [0.2, 0.25) is 5.91 Å². The number of carbonyl (C=O) groups is 1. The highest BCUT2D eigenvalue weighted by Crippen LogP contribution is 2.09. The number of carbonyl (C=O) groups excluding carboxylic acids is 1. The van der Waals surface area contributed by atoms with Crippen LogP contribution >= 0.6 is 0 Å². The Labute approximate surface area is 104 Å². The van der Waals surface area contributed by atoms with E-state index >= 15 is 0 Å². The van der Waals surface area contributed by atoms with Crippen molar-refractivity contribution in [1.29, 1.82) is 5.26 Å². The van der Waals surface area contributed by atoms with Gasteiger partial charge in [0.15, 0.2) is 0 Å². The molecule has 2 rings (SSSR count). The first-order valence-electron chi connectivity index (χ1n) is 5.26. The number of aromatic nitrogens is 2. The van der Waals surface area contributed by atoms with Crippen molar-refractivity contribution < 1.29 is 4.79 Å². The Hall–Kier alpha value is -2.81. The summed E-state index contributed by atoms with van der Waals surface area (Å²) in [5, 5.41) is 15.3. The highest BCUT2D eigenvalue weighted by molar-refractivity contribution is 5.90. The summed E-state index contributed by atoms with van der Waals surface area (Å²) in [6, 6.07) is 10.3. The number of nitrogens with zero attached hydrogens (tertiary/aromatic N) is 3. The molecule has 90 valence electrons. The molecule has 6 nitrogen and oxygen atoms in total. The van der Waals surface area contributed by atoms with E-state index in [2.05, 4.69) is 10.4 Å². The topological polar surface area (TPSA) is 96.7 Å². The molecule has 0 aliphatic rings. The maximum Gasteiger partial charge on any atom is 0.246 e. The van der Waals surface area contributed by atoms with Gasteiger partial charge in [-0.05, 0) is 24.3 Å². The van der Waals surface area contributed by atoms with Gasteiger partial charge in [0.05, 0.1) is 11.6 Å². The van der Waals surface area contributed by atoms with Crippen LogP contribution in [-0.2, 0) is 11.3 Å². The van der Waals surface area contributed by atoms with Crippen LogP contribution in [0.5, 0.6) is 0 Å². The Balaban J connectivity index is 2.01. The maximum absolute atomic E-state index is 11.7. The molecule has 1 amide bonds. The number of nitrogens with two attached hydrogens (primary N) is 1. The van der Waals surface area contributed by atoms with Crippen LogP contribution in [-0.4, -0.2) is 15.7 Å². The fourth-order valence-electron chi connectivity index (χ4n) is 1.48. The van der Waals surface area contributed by atoms with E-state index in [9.17, 15) is 4.79 Å². The molecule has 2 aromatic rings. The van der Waals surface area contributed by atoms with Crippen LogP contribution in [0.3, 0.4) is 0 Å².